The van der Waals surface area contributed by atoms with Gasteiger partial charge in [0, 0.05) is 0 Å². The molecule has 14 nitrogen and oxygen atoms in total. The van der Waals surface area contributed by atoms with Crippen LogP contribution in [0.5, 0.6) is 0 Å². The first kappa shape index (κ1) is 64.7. The number of fused-ring (bicyclic) bond motifs is 2. The SMILES string of the molecule is CC(C)(C)[C@H](NC(=O)[C@H](Cc1cccc2ccccc12)CS(=O)(=O)C(C)(C)C)C(=O)N[C@@H](Cc1ccccc1)[C@@H](O)[C@H](O)[C@H](Cc1ccccc1)NC(=O)[C@@H](NC(=O)[C@@H](Cc1cccc2ccccc12)CS(=O)(=O)C(C)(C)C)C(C)(C)C. The van der Waals surface area contributed by atoms with Crippen LogP contribution in [0.15, 0.2) is 146 Å². The fourth-order valence-electron chi connectivity index (χ4n) is 10.1. The zero-order valence-corrected chi connectivity index (χ0v) is 51.3. The van der Waals surface area contributed by atoms with E-state index in [2.05, 4.69) is 21.3 Å². The molecule has 0 radical (unpaired) electrons. The summed E-state index contributed by atoms with van der Waals surface area (Å²) in [5.74, 6) is -5.94. The first-order valence-electron chi connectivity index (χ1n) is 28.2. The first-order valence-corrected chi connectivity index (χ1v) is 31.5. The minimum absolute atomic E-state index is 0.00854. The zero-order chi connectivity index (χ0) is 60.6. The smallest absolute Gasteiger partial charge is 0.243 e. The Morgan fingerprint density at radius 3 is 1.01 bits per heavy atom. The van der Waals surface area contributed by atoms with Crippen molar-refractivity contribution in [3.63, 3.8) is 0 Å². The summed E-state index contributed by atoms with van der Waals surface area (Å²) in [7, 11) is -7.74. The van der Waals surface area contributed by atoms with Crippen LogP contribution in [0.2, 0.25) is 0 Å². The highest BCUT2D eigenvalue weighted by Crippen LogP contribution is 2.30. The molecule has 4 amide bonds. The molecule has 0 aliphatic heterocycles. The van der Waals surface area contributed by atoms with E-state index in [9.17, 15) is 46.2 Å². The molecule has 442 valence electrons. The first-order chi connectivity index (χ1) is 38.2. The van der Waals surface area contributed by atoms with Gasteiger partial charge in [-0.1, -0.05) is 187 Å². The van der Waals surface area contributed by atoms with Crippen molar-refractivity contribution in [3.8, 4) is 0 Å². The fraction of sp³-hybridized carbons (Fsp3) is 0.455. The summed E-state index contributed by atoms with van der Waals surface area (Å²) in [6, 6.07) is 39.5. The zero-order valence-electron chi connectivity index (χ0n) is 49.7. The lowest BCUT2D eigenvalue weighted by Crippen LogP contribution is -2.63. The van der Waals surface area contributed by atoms with E-state index in [0.29, 0.717) is 11.1 Å². The van der Waals surface area contributed by atoms with Crippen LogP contribution in [0, 0.1) is 22.7 Å². The summed E-state index contributed by atoms with van der Waals surface area (Å²) < 4.78 is 53.2. The van der Waals surface area contributed by atoms with Gasteiger partial charge in [0.15, 0.2) is 19.7 Å². The number of hydrogen-bond donors (Lipinski definition) is 6. The maximum Gasteiger partial charge on any atom is 0.243 e. The van der Waals surface area contributed by atoms with Gasteiger partial charge in [-0.15, -0.1) is 0 Å². The number of nitrogens with one attached hydrogen (secondary N) is 4. The van der Waals surface area contributed by atoms with Gasteiger partial charge in [0.2, 0.25) is 23.6 Å². The minimum atomic E-state index is -3.87. The summed E-state index contributed by atoms with van der Waals surface area (Å²) in [4.78, 5) is 59.5. The highest BCUT2D eigenvalue weighted by atomic mass is 32.2. The predicted octanol–water partition coefficient (Wildman–Crippen LogP) is 8.68. The molecular formula is C66H86N4O10S2. The molecule has 0 unspecified atom stereocenters. The Morgan fingerprint density at radius 2 is 0.695 bits per heavy atom. The highest BCUT2D eigenvalue weighted by molar-refractivity contribution is 7.93. The van der Waals surface area contributed by atoms with Gasteiger partial charge in [0.1, 0.15) is 24.3 Å². The van der Waals surface area contributed by atoms with Crippen molar-refractivity contribution in [2.45, 2.75) is 155 Å². The summed E-state index contributed by atoms with van der Waals surface area (Å²) in [5.41, 5.74) is 0.941. The van der Waals surface area contributed by atoms with Crippen LogP contribution in [-0.4, -0.2) is 108 Å². The van der Waals surface area contributed by atoms with E-state index in [-0.39, 0.29) is 25.7 Å². The second-order valence-corrected chi connectivity index (χ2v) is 31.6. The van der Waals surface area contributed by atoms with Crippen molar-refractivity contribution in [2.75, 3.05) is 11.5 Å². The number of benzene rings is 6. The Morgan fingerprint density at radius 1 is 0.390 bits per heavy atom. The molecular weight excluding hydrogens is 1070 g/mol. The van der Waals surface area contributed by atoms with E-state index in [4.69, 9.17) is 0 Å². The van der Waals surface area contributed by atoms with Gasteiger partial charge in [0.25, 0.3) is 0 Å². The molecule has 82 heavy (non-hydrogen) atoms. The van der Waals surface area contributed by atoms with Gasteiger partial charge in [-0.25, -0.2) is 16.8 Å². The van der Waals surface area contributed by atoms with Gasteiger partial charge in [0.05, 0.1) is 44.9 Å². The van der Waals surface area contributed by atoms with Crippen molar-refractivity contribution in [2.24, 2.45) is 22.7 Å². The molecule has 0 aromatic heterocycles. The van der Waals surface area contributed by atoms with Crippen molar-refractivity contribution in [3.05, 3.63) is 168 Å². The van der Waals surface area contributed by atoms with Crippen LogP contribution >= 0.6 is 0 Å². The van der Waals surface area contributed by atoms with Gasteiger partial charge in [-0.05, 0) is 122 Å². The highest BCUT2D eigenvalue weighted by Gasteiger charge is 2.43. The van der Waals surface area contributed by atoms with E-state index in [1.54, 1.807) is 132 Å². The van der Waals surface area contributed by atoms with E-state index in [1.165, 1.54) is 0 Å². The average molecular weight is 1160 g/mol. The number of amides is 4. The molecule has 6 rings (SSSR count). The van der Waals surface area contributed by atoms with E-state index in [0.717, 1.165) is 32.7 Å². The number of carbonyl (C=O) groups is 4. The van der Waals surface area contributed by atoms with E-state index >= 15 is 0 Å². The minimum Gasteiger partial charge on any atom is -0.388 e. The molecule has 0 aliphatic rings. The number of aliphatic hydroxyl groups excluding tert-OH is 2. The van der Waals surface area contributed by atoms with Gasteiger partial charge in [-0.2, -0.15) is 0 Å². The standard InChI is InChI=1S/C66H86N4O10S2/c1-63(2,3)57(69-59(73)49(41-81(77,78)65(7,8)9)39-47-33-23-31-45-29-19-21-35-51(45)47)61(75)67-53(37-43-25-15-13-16-26-43)55(71)56(72)54(38-44-27-17-14-18-28-44)68-62(76)58(64(4,5)6)70-60(74)50(42-82(79,80)66(10,11)12)40-48-34-24-32-46-30-20-22-36-52(46)48/h13-36,49-50,53-58,71-72H,37-42H2,1-12H3,(H,67,75)(H,68,76)(H,69,73)(H,70,74)/t49-,50+,53-,54-,55+,56+,57+,58+/m0/s1. The molecule has 16 heteroatoms. The predicted molar refractivity (Wildman–Crippen MR) is 328 cm³/mol. The van der Waals surface area contributed by atoms with Gasteiger partial charge in [-0.3, -0.25) is 19.2 Å². The van der Waals surface area contributed by atoms with Crippen LogP contribution in [0.1, 0.15) is 105 Å². The lowest BCUT2D eigenvalue weighted by Gasteiger charge is -2.37. The Balaban J connectivity index is 1.32. The number of rotatable bonds is 23. The van der Waals surface area contributed by atoms with Crippen LogP contribution in [0.25, 0.3) is 21.5 Å². The quantitative estimate of drug-likeness (QED) is 0.0358. The third kappa shape index (κ3) is 16.9. The molecule has 6 aromatic rings. The Hall–Kier alpha value is -6.46. The normalized spacial score (nSPS) is 15.7. The molecule has 0 saturated carbocycles. The topological polar surface area (TPSA) is 225 Å². The molecule has 6 aromatic carbocycles. The molecule has 0 bridgehead atoms. The van der Waals surface area contributed by atoms with Gasteiger partial charge >= 0.3 is 0 Å². The van der Waals surface area contributed by atoms with Crippen LogP contribution in [0.3, 0.4) is 0 Å². The van der Waals surface area contributed by atoms with Crippen LogP contribution in [0.4, 0.5) is 0 Å². The van der Waals surface area contributed by atoms with Crippen molar-refractivity contribution >= 4 is 64.8 Å². The molecule has 0 heterocycles. The maximum absolute atomic E-state index is 15.0. The lowest BCUT2D eigenvalue weighted by atomic mass is 9.84. The third-order valence-corrected chi connectivity index (χ3v) is 20.8. The van der Waals surface area contributed by atoms with E-state index in [1.807, 2.05) is 97.1 Å². The number of hydrogen-bond acceptors (Lipinski definition) is 10. The molecule has 0 fully saturated rings. The second-order valence-electron chi connectivity index (χ2n) is 26.1. The molecule has 6 N–H and O–H groups in total. The van der Waals surface area contributed by atoms with Crippen LogP contribution in [-0.2, 0) is 64.5 Å². The summed E-state index contributed by atoms with van der Waals surface area (Å²) >= 11 is 0. The van der Waals surface area contributed by atoms with Crippen molar-refractivity contribution < 1.29 is 46.2 Å². The Labute approximate surface area is 486 Å². The maximum atomic E-state index is 15.0. The summed E-state index contributed by atoms with van der Waals surface area (Å²) in [5, 5.41) is 40.5. The number of aliphatic hydroxyl groups is 2. The fourth-order valence-corrected chi connectivity index (χ4v) is 12.7. The second kappa shape index (κ2) is 26.4. The van der Waals surface area contributed by atoms with Crippen LogP contribution < -0.4 is 21.3 Å². The lowest BCUT2D eigenvalue weighted by molar-refractivity contribution is -0.135. The molecule has 0 saturated heterocycles. The summed E-state index contributed by atoms with van der Waals surface area (Å²) in [6.07, 6.45) is -3.46. The summed E-state index contributed by atoms with van der Waals surface area (Å²) in [6.45, 7) is 20.0. The van der Waals surface area contributed by atoms with Crippen molar-refractivity contribution in [1.82, 2.24) is 21.3 Å². The van der Waals surface area contributed by atoms with Crippen molar-refractivity contribution in [1.29, 1.82) is 0 Å². The van der Waals surface area contributed by atoms with E-state index < -0.39 is 123 Å². The molecule has 0 spiro atoms. The third-order valence-electron chi connectivity index (χ3n) is 15.4. The largest absolute Gasteiger partial charge is 0.388 e. The Bertz CT molecular complexity index is 3160. The van der Waals surface area contributed by atoms with Gasteiger partial charge < -0.3 is 31.5 Å². The number of carbonyl (C=O) groups excluding carboxylic acids is 4. The Kier molecular flexibility index (Phi) is 20.8. The molecule has 8 atom stereocenters. The number of sulfone groups is 2. The molecule has 0 aliphatic carbocycles. The average Bonchev–Trinajstić information content (AvgIpc) is 3.55. The monoisotopic (exact) mass is 1160 g/mol.